The van der Waals surface area contributed by atoms with Gasteiger partial charge in [0.1, 0.15) is 0 Å². The minimum absolute atomic E-state index is 0.0979. The standard InChI is InChI=1S/C21H19Cl2NO2/c1-2-26-21(25)12-6-9-19-17(10-12)14-4-3-5-15(14)20(24-19)16-8-7-13(22)11-18(16)23/h3-4,6-11,14-15,20,24H,2,5H2,1H3/t14-,15-,20-/m0/s1. The van der Waals surface area contributed by atoms with Crippen LogP contribution in [0, 0.1) is 5.92 Å². The zero-order valence-electron chi connectivity index (χ0n) is 14.3. The van der Waals surface area contributed by atoms with E-state index in [-0.39, 0.29) is 17.9 Å². The number of hydrogen-bond acceptors (Lipinski definition) is 3. The lowest BCUT2D eigenvalue weighted by molar-refractivity contribution is 0.0526. The van der Waals surface area contributed by atoms with Crippen molar-refractivity contribution in [3.8, 4) is 0 Å². The molecule has 1 heterocycles. The lowest BCUT2D eigenvalue weighted by atomic mass is 9.76. The Kier molecular flexibility index (Phi) is 4.68. The maximum absolute atomic E-state index is 12.1. The van der Waals surface area contributed by atoms with Crippen LogP contribution in [0.4, 0.5) is 5.69 Å². The van der Waals surface area contributed by atoms with Gasteiger partial charge in [0.05, 0.1) is 18.2 Å². The fourth-order valence-electron chi connectivity index (χ4n) is 4.00. The van der Waals surface area contributed by atoms with E-state index in [9.17, 15) is 4.79 Å². The Hall–Kier alpha value is -1.97. The first kappa shape index (κ1) is 17.4. The molecule has 0 saturated heterocycles. The molecule has 3 nitrogen and oxygen atoms in total. The number of ether oxygens (including phenoxy) is 1. The lowest BCUT2D eigenvalue weighted by Gasteiger charge is -2.38. The fraction of sp³-hybridized carbons (Fsp3) is 0.286. The van der Waals surface area contributed by atoms with Crippen molar-refractivity contribution in [3.63, 3.8) is 0 Å². The smallest absolute Gasteiger partial charge is 0.338 e. The van der Waals surface area contributed by atoms with Crippen LogP contribution in [0.25, 0.3) is 0 Å². The first-order valence-electron chi connectivity index (χ1n) is 8.77. The Bertz CT molecular complexity index is 894. The van der Waals surface area contributed by atoms with Crippen molar-refractivity contribution in [2.45, 2.75) is 25.3 Å². The van der Waals surface area contributed by atoms with Crippen LogP contribution in [0.3, 0.4) is 0 Å². The van der Waals surface area contributed by atoms with Crippen LogP contribution in [-0.4, -0.2) is 12.6 Å². The highest BCUT2D eigenvalue weighted by atomic mass is 35.5. The average Bonchev–Trinajstić information content (AvgIpc) is 3.11. The Labute approximate surface area is 163 Å². The van der Waals surface area contributed by atoms with Gasteiger partial charge < -0.3 is 10.1 Å². The van der Waals surface area contributed by atoms with Crippen molar-refractivity contribution in [1.29, 1.82) is 0 Å². The van der Waals surface area contributed by atoms with Crippen LogP contribution in [0.5, 0.6) is 0 Å². The zero-order chi connectivity index (χ0) is 18.3. The molecule has 1 aliphatic carbocycles. The van der Waals surface area contributed by atoms with Crippen molar-refractivity contribution in [1.82, 2.24) is 0 Å². The molecule has 5 heteroatoms. The molecule has 2 aromatic carbocycles. The summed E-state index contributed by atoms with van der Waals surface area (Å²) in [6.45, 7) is 2.19. The number of fused-ring (bicyclic) bond motifs is 3. The second-order valence-corrected chi connectivity index (χ2v) is 7.51. The summed E-state index contributed by atoms with van der Waals surface area (Å²) >= 11 is 12.5. The molecule has 2 aromatic rings. The minimum atomic E-state index is -0.281. The molecule has 26 heavy (non-hydrogen) atoms. The van der Waals surface area contributed by atoms with Crippen LogP contribution in [0.1, 0.15) is 46.8 Å². The van der Waals surface area contributed by atoms with Gasteiger partial charge in [-0.2, -0.15) is 0 Å². The van der Waals surface area contributed by atoms with E-state index >= 15 is 0 Å². The van der Waals surface area contributed by atoms with E-state index in [1.807, 2.05) is 37.3 Å². The number of hydrogen-bond donors (Lipinski definition) is 1. The van der Waals surface area contributed by atoms with Gasteiger partial charge >= 0.3 is 5.97 Å². The van der Waals surface area contributed by atoms with Crippen LogP contribution >= 0.6 is 23.2 Å². The SMILES string of the molecule is CCOC(=O)c1ccc2c(c1)[C@H]1C=CC[C@@H]1[C@@H](c1ccc(Cl)cc1Cl)N2. The molecule has 0 bridgehead atoms. The van der Waals surface area contributed by atoms with Gasteiger partial charge in [0.25, 0.3) is 0 Å². The first-order valence-corrected chi connectivity index (χ1v) is 9.53. The van der Waals surface area contributed by atoms with Crippen LogP contribution in [0.2, 0.25) is 10.0 Å². The predicted octanol–water partition coefficient (Wildman–Crippen LogP) is 6.00. The van der Waals surface area contributed by atoms with Gasteiger partial charge in [0.2, 0.25) is 0 Å². The number of rotatable bonds is 3. The molecule has 1 aliphatic heterocycles. The molecular weight excluding hydrogens is 369 g/mol. The number of carbonyl (C=O) groups is 1. The second kappa shape index (κ2) is 6.98. The van der Waals surface area contributed by atoms with Crippen molar-refractivity contribution in [2.24, 2.45) is 5.92 Å². The molecule has 0 saturated carbocycles. The summed E-state index contributed by atoms with van der Waals surface area (Å²) in [5.41, 5.74) is 3.81. The lowest BCUT2D eigenvalue weighted by Crippen LogP contribution is -2.29. The number of carbonyl (C=O) groups excluding carboxylic acids is 1. The fourth-order valence-corrected chi connectivity index (χ4v) is 4.52. The number of benzene rings is 2. The number of nitrogens with one attached hydrogen (secondary N) is 1. The van der Waals surface area contributed by atoms with Crippen molar-refractivity contribution in [2.75, 3.05) is 11.9 Å². The molecule has 1 N–H and O–H groups in total. The molecule has 134 valence electrons. The van der Waals surface area contributed by atoms with Gasteiger partial charge in [0, 0.05) is 21.7 Å². The molecule has 2 aliphatic rings. The monoisotopic (exact) mass is 387 g/mol. The first-order chi connectivity index (χ1) is 12.6. The van der Waals surface area contributed by atoms with Crippen LogP contribution in [-0.2, 0) is 4.74 Å². The zero-order valence-corrected chi connectivity index (χ0v) is 15.8. The molecular formula is C21H19Cl2NO2. The molecule has 0 radical (unpaired) electrons. The van der Waals surface area contributed by atoms with Crippen LogP contribution in [0.15, 0.2) is 48.6 Å². The van der Waals surface area contributed by atoms with Crippen molar-refractivity contribution < 1.29 is 9.53 Å². The van der Waals surface area contributed by atoms with E-state index in [4.69, 9.17) is 27.9 Å². The quantitative estimate of drug-likeness (QED) is 0.518. The average molecular weight is 388 g/mol. The van der Waals surface area contributed by atoms with E-state index in [0.29, 0.717) is 28.1 Å². The number of anilines is 1. The largest absolute Gasteiger partial charge is 0.462 e. The molecule has 0 spiro atoms. The number of esters is 1. The van der Waals surface area contributed by atoms with E-state index in [0.717, 1.165) is 23.2 Å². The van der Waals surface area contributed by atoms with Gasteiger partial charge in [0.15, 0.2) is 0 Å². The van der Waals surface area contributed by atoms with Crippen molar-refractivity contribution in [3.05, 3.63) is 75.3 Å². The Morgan fingerprint density at radius 3 is 2.81 bits per heavy atom. The van der Waals surface area contributed by atoms with Gasteiger partial charge in [-0.25, -0.2) is 4.79 Å². The molecule has 4 rings (SSSR count). The predicted molar refractivity (Wildman–Crippen MR) is 105 cm³/mol. The normalized spacial score (nSPS) is 23.1. The minimum Gasteiger partial charge on any atom is -0.462 e. The topological polar surface area (TPSA) is 38.3 Å². The third-order valence-corrected chi connectivity index (χ3v) is 5.73. The van der Waals surface area contributed by atoms with E-state index < -0.39 is 0 Å². The van der Waals surface area contributed by atoms with Gasteiger partial charge in [-0.15, -0.1) is 0 Å². The summed E-state index contributed by atoms with van der Waals surface area (Å²) in [5, 5.41) is 4.93. The van der Waals surface area contributed by atoms with E-state index in [1.54, 1.807) is 6.07 Å². The number of halogens is 2. The third kappa shape index (κ3) is 3.00. The summed E-state index contributed by atoms with van der Waals surface area (Å²) in [5.74, 6) is 0.313. The summed E-state index contributed by atoms with van der Waals surface area (Å²) in [7, 11) is 0. The van der Waals surface area contributed by atoms with E-state index in [2.05, 4.69) is 17.5 Å². The Morgan fingerprint density at radius 2 is 2.04 bits per heavy atom. The Balaban J connectivity index is 1.73. The maximum Gasteiger partial charge on any atom is 0.338 e. The van der Waals surface area contributed by atoms with Crippen LogP contribution < -0.4 is 5.32 Å². The summed E-state index contributed by atoms with van der Waals surface area (Å²) in [6, 6.07) is 11.5. The molecule has 3 atom stereocenters. The summed E-state index contributed by atoms with van der Waals surface area (Å²) in [4.78, 5) is 12.1. The highest BCUT2D eigenvalue weighted by molar-refractivity contribution is 6.35. The van der Waals surface area contributed by atoms with Crippen molar-refractivity contribution >= 4 is 34.9 Å². The van der Waals surface area contributed by atoms with E-state index in [1.165, 1.54) is 0 Å². The second-order valence-electron chi connectivity index (χ2n) is 6.66. The molecule has 0 unspecified atom stereocenters. The molecule has 0 aromatic heterocycles. The third-order valence-electron chi connectivity index (χ3n) is 5.17. The number of allylic oxidation sites excluding steroid dienone is 2. The molecule has 0 amide bonds. The van der Waals surface area contributed by atoms with Gasteiger partial charge in [-0.3, -0.25) is 0 Å². The maximum atomic E-state index is 12.1. The molecule has 0 fully saturated rings. The Morgan fingerprint density at radius 1 is 1.19 bits per heavy atom. The highest BCUT2D eigenvalue weighted by Crippen LogP contribution is 2.51. The van der Waals surface area contributed by atoms with Gasteiger partial charge in [-0.1, -0.05) is 41.4 Å². The highest BCUT2D eigenvalue weighted by Gasteiger charge is 2.38. The van der Waals surface area contributed by atoms with Gasteiger partial charge in [-0.05, 0) is 60.7 Å². The summed E-state index contributed by atoms with van der Waals surface area (Å²) in [6.07, 6.45) is 5.40. The summed E-state index contributed by atoms with van der Waals surface area (Å²) < 4.78 is 5.14.